The van der Waals surface area contributed by atoms with Crippen LogP contribution in [-0.4, -0.2) is 0 Å². The van der Waals surface area contributed by atoms with E-state index in [1.54, 1.807) is 12.1 Å². The lowest BCUT2D eigenvalue weighted by molar-refractivity contribution is 0.473. The number of nitrogens with zero attached hydrogens (tertiary/aromatic N) is 1. The number of para-hydroxylation sites is 1. The second-order valence-corrected chi connectivity index (χ2v) is 4.52. The van der Waals surface area contributed by atoms with Crippen LogP contribution < -0.4 is 4.74 Å². The third kappa shape index (κ3) is 2.47. The van der Waals surface area contributed by atoms with Crippen molar-refractivity contribution in [3.8, 4) is 17.6 Å². The smallest absolute Gasteiger partial charge is 0.145 e. The fraction of sp³-hybridized carbons (Fsp3) is 0.133. The van der Waals surface area contributed by atoms with Gasteiger partial charge < -0.3 is 4.74 Å². The minimum atomic E-state index is 0.520. The van der Waals surface area contributed by atoms with Crippen LogP contribution >= 0.6 is 11.6 Å². The Labute approximate surface area is 111 Å². The molecule has 0 spiro atoms. The summed E-state index contributed by atoms with van der Waals surface area (Å²) in [7, 11) is 0. The Bertz CT molecular complexity index is 606. The lowest BCUT2D eigenvalue weighted by Crippen LogP contribution is -1.93. The van der Waals surface area contributed by atoms with Crippen molar-refractivity contribution in [3.63, 3.8) is 0 Å². The first-order chi connectivity index (χ1) is 8.61. The highest BCUT2D eigenvalue weighted by atomic mass is 35.5. The van der Waals surface area contributed by atoms with Crippen molar-refractivity contribution >= 4 is 11.6 Å². The molecule has 0 fully saturated rings. The monoisotopic (exact) mass is 257 g/mol. The van der Waals surface area contributed by atoms with Gasteiger partial charge in [-0.3, -0.25) is 0 Å². The second kappa shape index (κ2) is 5.12. The molecular formula is C15H12ClNO. The predicted molar refractivity (Wildman–Crippen MR) is 72.2 cm³/mol. The zero-order valence-electron chi connectivity index (χ0n) is 10.2. The van der Waals surface area contributed by atoms with Crippen LogP contribution in [0.3, 0.4) is 0 Å². The number of hydrogen-bond donors (Lipinski definition) is 0. The summed E-state index contributed by atoms with van der Waals surface area (Å²) >= 11 is 5.98. The molecular weight excluding hydrogens is 246 g/mol. The summed E-state index contributed by atoms with van der Waals surface area (Å²) in [6, 6.07) is 13.0. The Morgan fingerprint density at radius 2 is 1.72 bits per heavy atom. The third-order valence-corrected chi connectivity index (χ3v) is 2.86. The third-order valence-electron chi connectivity index (χ3n) is 2.64. The zero-order chi connectivity index (χ0) is 13.1. The highest BCUT2D eigenvalue weighted by Gasteiger charge is 2.09. The number of nitriles is 1. The predicted octanol–water partition coefficient (Wildman–Crippen LogP) is 4.62. The number of benzene rings is 2. The number of rotatable bonds is 2. The highest BCUT2D eigenvalue weighted by molar-refractivity contribution is 6.30. The second-order valence-electron chi connectivity index (χ2n) is 4.08. The van der Waals surface area contributed by atoms with Crippen LogP contribution in [0.25, 0.3) is 0 Å². The molecule has 2 rings (SSSR count). The summed E-state index contributed by atoms with van der Waals surface area (Å²) in [5.74, 6) is 1.32. The van der Waals surface area contributed by atoms with Gasteiger partial charge in [0.05, 0.1) is 5.56 Å². The van der Waals surface area contributed by atoms with Crippen LogP contribution in [0.5, 0.6) is 11.5 Å². The van der Waals surface area contributed by atoms with Crippen molar-refractivity contribution < 1.29 is 4.74 Å². The molecule has 0 aromatic heterocycles. The van der Waals surface area contributed by atoms with E-state index in [1.807, 2.05) is 38.1 Å². The standard InChI is InChI=1S/C15H12ClNO/c1-10-7-13(16)8-11(2)15(10)18-14-6-4-3-5-12(14)9-17/h3-8H,1-2H3. The van der Waals surface area contributed by atoms with Crippen molar-refractivity contribution in [2.24, 2.45) is 0 Å². The number of ether oxygens (including phenoxy) is 1. The first kappa shape index (κ1) is 12.5. The quantitative estimate of drug-likeness (QED) is 0.786. The number of hydrogen-bond acceptors (Lipinski definition) is 2. The van der Waals surface area contributed by atoms with Gasteiger partial charge >= 0.3 is 0 Å². The lowest BCUT2D eigenvalue weighted by Gasteiger charge is -2.13. The lowest BCUT2D eigenvalue weighted by atomic mass is 10.1. The Hall–Kier alpha value is -1.98. The molecule has 0 bridgehead atoms. The fourth-order valence-electron chi connectivity index (χ4n) is 1.82. The van der Waals surface area contributed by atoms with E-state index in [9.17, 15) is 0 Å². The van der Waals surface area contributed by atoms with Crippen LogP contribution in [0, 0.1) is 25.2 Å². The van der Waals surface area contributed by atoms with E-state index in [0.717, 1.165) is 16.9 Å². The SMILES string of the molecule is Cc1cc(Cl)cc(C)c1Oc1ccccc1C#N. The van der Waals surface area contributed by atoms with E-state index in [1.165, 1.54) is 0 Å². The molecule has 2 aromatic carbocycles. The molecule has 2 nitrogen and oxygen atoms in total. The summed E-state index contributed by atoms with van der Waals surface area (Å²) in [5.41, 5.74) is 2.42. The average molecular weight is 258 g/mol. The molecule has 90 valence electrons. The molecule has 0 saturated heterocycles. The molecule has 0 amide bonds. The molecule has 0 aliphatic carbocycles. The largest absolute Gasteiger partial charge is 0.455 e. The summed E-state index contributed by atoms with van der Waals surface area (Å²) in [4.78, 5) is 0. The fourth-order valence-corrected chi connectivity index (χ4v) is 2.14. The first-order valence-corrected chi connectivity index (χ1v) is 5.93. The van der Waals surface area contributed by atoms with Crippen LogP contribution in [0.2, 0.25) is 5.02 Å². The van der Waals surface area contributed by atoms with E-state index in [0.29, 0.717) is 16.3 Å². The Morgan fingerprint density at radius 3 is 2.33 bits per heavy atom. The van der Waals surface area contributed by atoms with Gasteiger partial charge in [0.2, 0.25) is 0 Å². The maximum atomic E-state index is 9.03. The summed E-state index contributed by atoms with van der Waals surface area (Å²) in [6.45, 7) is 3.87. The van der Waals surface area contributed by atoms with Crippen LogP contribution in [0.4, 0.5) is 0 Å². The Morgan fingerprint density at radius 1 is 1.11 bits per heavy atom. The summed E-state index contributed by atoms with van der Waals surface area (Å²) in [5, 5.41) is 9.71. The minimum absolute atomic E-state index is 0.520. The molecule has 0 unspecified atom stereocenters. The van der Waals surface area contributed by atoms with Crippen LogP contribution in [0.1, 0.15) is 16.7 Å². The van der Waals surface area contributed by atoms with Gasteiger partial charge in [0.1, 0.15) is 17.6 Å². The molecule has 0 heterocycles. The molecule has 3 heteroatoms. The number of aryl methyl sites for hydroxylation is 2. The van der Waals surface area contributed by atoms with E-state index in [-0.39, 0.29) is 0 Å². The normalized spacial score (nSPS) is 9.89. The Kier molecular flexibility index (Phi) is 3.55. The molecule has 0 saturated carbocycles. The summed E-state index contributed by atoms with van der Waals surface area (Å²) in [6.07, 6.45) is 0. The van der Waals surface area contributed by atoms with Crippen molar-refractivity contribution in [1.82, 2.24) is 0 Å². The van der Waals surface area contributed by atoms with Crippen molar-refractivity contribution in [3.05, 3.63) is 58.1 Å². The molecule has 0 N–H and O–H groups in total. The molecule has 18 heavy (non-hydrogen) atoms. The Balaban J connectivity index is 2.44. The molecule has 0 aliphatic heterocycles. The van der Waals surface area contributed by atoms with E-state index in [2.05, 4.69) is 6.07 Å². The van der Waals surface area contributed by atoms with Gasteiger partial charge in [-0.1, -0.05) is 23.7 Å². The van der Waals surface area contributed by atoms with Crippen molar-refractivity contribution in [2.45, 2.75) is 13.8 Å². The van der Waals surface area contributed by atoms with Gasteiger partial charge in [0, 0.05) is 5.02 Å². The van der Waals surface area contributed by atoms with Gasteiger partial charge in [-0.05, 0) is 49.2 Å². The summed E-state index contributed by atoms with van der Waals surface area (Å²) < 4.78 is 5.84. The van der Waals surface area contributed by atoms with E-state index < -0.39 is 0 Å². The molecule has 0 aliphatic rings. The first-order valence-electron chi connectivity index (χ1n) is 5.55. The van der Waals surface area contributed by atoms with E-state index >= 15 is 0 Å². The molecule has 0 radical (unpaired) electrons. The average Bonchev–Trinajstić information content (AvgIpc) is 2.34. The highest BCUT2D eigenvalue weighted by Crippen LogP contribution is 2.32. The molecule has 2 aromatic rings. The van der Waals surface area contributed by atoms with Crippen molar-refractivity contribution in [2.75, 3.05) is 0 Å². The minimum Gasteiger partial charge on any atom is -0.455 e. The maximum Gasteiger partial charge on any atom is 0.145 e. The zero-order valence-corrected chi connectivity index (χ0v) is 11.0. The van der Waals surface area contributed by atoms with Crippen LogP contribution in [0.15, 0.2) is 36.4 Å². The van der Waals surface area contributed by atoms with Crippen molar-refractivity contribution in [1.29, 1.82) is 5.26 Å². The maximum absolute atomic E-state index is 9.03. The van der Waals surface area contributed by atoms with E-state index in [4.69, 9.17) is 21.6 Å². The molecule has 0 atom stereocenters. The van der Waals surface area contributed by atoms with Gasteiger partial charge in [0.25, 0.3) is 0 Å². The number of halogens is 1. The van der Waals surface area contributed by atoms with Gasteiger partial charge in [-0.2, -0.15) is 5.26 Å². The van der Waals surface area contributed by atoms with Gasteiger partial charge in [-0.15, -0.1) is 0 Å². The van der Waals surface area contributed by atoms with Gasteiger partial charge in [-0.25, -0.2) is 0 Å². The van der Waals surface area contributed by atoms with Crippen LogP contribution in [-0.2, 0) is 0 Å². The van der Waals surface area contributed by atoms with Gasteiger partial charge in [0.15, 0.2) is 0 Å². The topological polar surface area (TPSA) is 33.0 Å².